The predicted octanol–water partition coefficient (Wildman–Crippen LogP) is 1.27. The summed E-state index contributed by atoms with van der Waals surface area (Å²) >= 11 is 2.62. The summed E-state index contributed by atoms with van der Waals surface area (Å²) in [6, 6.07) is 0.455. The number of Topliss-reactive ketones (excluding diaryl/α,β-unsaturated/α-hetero) is 1. The van der Waals surface area contributed by atoms with Crippen molar-refractivity contribution < 1.29 is 29.3 Å². The van der Waals surface area contributed by atoms with E-state index in [1.807, 2.05) is 0 Å². The molecule has 80 valence electrons. The number of carbonyl (C=O) groups excluding carboxylic acids is 1. The maximum Gasteiger partial charge on any atom is 0.377 e. The Labute approximate surface area is 90.9 Å². The van der Waals surface area contributed by atoms with Crippen molar-refractivity contribution in [3.63, 3.8) is 0 Å². The van der Waals surface area contributed by atoms with Gasteiger partial charge in [-0.1, -0.05) is 0 Å². The third kappa shape index (κ3) is 1.91. The fourth-order valence-electron chi connectivity index (χ4n) is 0.911. The van der Waals surface area contributed by atoms with Crippen LogP contribution in [-0.2, 0) is 4.79 Å². The molecule has 0 aliphatic heterocycles. The maximum atomic E-state index is 13.1. The van der Waals surface area contributed by atoms with E-state index >= 15 is 0 Å². The Morgan fingerprint density at radius 1 is 1.33 bits per heavy atom. The van der Waals surface area contributed by atoms with E-state index in [1.165, 1.54) is 0 Å². The smallest absolute Gasteiger partial charge is 0.377 e. The SMILES string of the molecule is O=C(O)C(=O)c1c(F)cc(O)c(O)c1Br. The largest absolute Gasteiger partial charge is 0.504 e. The van der Waals surface area contributed by atoms with Crippen LogP contribution in [0.2, 0.25) is 0 Å². The molecule has 0 saturated heterocycles. The van der Waals surface area contributed by atoms with Crippen molar-refractivity contribution in [2.75, 3.05) is 0 Å². The molecule has 0 aliphatic rings. The highest BCUT2D eigenvalue weighted by atomic mass is 79.9. The molecule has 15 heavy (non-hydrogen) atoms. The van der Waals surface area contributed by atoms with E-state index in [4.69, 9.17) is 15.3 Å². The summed E-state index contributed by atoms with van der Waals surface area (Å²) in [5.41, 5.74) is -0.835. The lowest BCUT2D eigenvalue weighted by Gasteiger charge is -2.06. The van der Waals surface area contributed by atoms with Gasteiger partial charge in [0.2, 0.25) is 0 Å². The Morgan fingerprint density at radius 2 is 1.87 bits per heavy atom. The van der Waals surface area contributed by atoms with Crippen molar-refractivity contribution in [2.45, 2.75) is 0 Å². The molecule has 3 N–H and O–H groups in total. The Bertz CT molecular complexity index is 457. The summed E-state index contributed by atoms with van der Waals surface area (Å²) < 4.78 is 12.6. The van der Waals surface area contributed by atoms with E-state index in [-0.39, 0.29) is 0 Å². The molecular formula is C8H4BrFO5. The number of carbonyl (C=O) groups is 2. The number of ketones is 1. The van der Waals surface area contributed by atoms with Crippen molar-refractivity contribution in [3.8, 4) is 11.5 Å². The molecule has 0 aliphatic carbocycles. The second-order valence-corrected chi connectivity index (χ2v) is 3.34. The quantitative estimate of drug-likeness (QED) is 0.430. The fourth-order valence-corrected chi connectivity index (χ4v) is 1.48. The lowest BCUT2D eigenvalue weighted by Crippen LogP contribution is -2.15. The molecule has 0 amide bonds. The number of hydrogen-bond donors (Lipinski definition) is 3. The van der Waals surface area contributed by atoms with Crippen molar-refractivity contribution in [2.24, 2.45) is 0 Å². The highest BCUT2D eigenvalue weighted by Gasteiger charge is 2.25. The van der Waals surface area contributed by atoms with Gasteiger partial charge in [-0.2, -0.15) is 0 Å². The van der Waals surface area contributed by atoms with Crippen molar-refractivity contribution in [1.29, 1.82) is 0 Å². The highest BCUT2D eigenvalue weighted by molar-refractivity contribution is 9.10. The molecule has 1 rings (SSSR count). The number of rotatable bonds is 2. The van der Waals surface area contributed by atoms with Gasteiger partial charge in [-0.05, 0) is 15.9 Å². The van der Waals surface area contributed by atoms with Crippen LogP contribution in [0.5, 0.6) is 11.5 Å². The Morgan fingerprint density at radius 3 is 2.33 bits per heavy atom. The van der Waals surface area contributed by atoms with E-state index in [0.29, 0.717) is 6.07 Å². The zero-order chi connectivity index (χ0) is 11.7. The average Bonchev–Trinajstić information content (AvgIpc) is 2.14. The molecule has 5 nitrogen and oxygen atoms in total. The summed E-state index contributed by atoms with van der Waals surface area (Å²) in [6.45, 7) is 0. The summed E-state index contributed by atoms with van der Waals surface area (Å²) in [4.78, 5) is 21.3. The van der Waals surface area contributed by atoms with Gasteiger partial charge in [-0.25, -0.2) is 9.18 Å². The minimum Gasteiger partial charge on any atom is -0.504 e. The first-order valence-corrected chi connectivity index (χ1v) is 4.33. The van der Waals surface area contributed by atoms with Gasteiger partial charge in [0.25, 0.3) is 5.78 Å². The van der Waals surface area contributed by atoms with Crippen molar-refractivity contribution in [1.82, 2.24) is 0 Å². The summed E-state index contributed by atoms with van der Waals surface area (Å²) in [7, 11) is 0. The van der Waals surface area contributed by atoms with Crippen LogP contribution in [0.25, 0.3) is 0 Å². The molecule has 0 unspecified atom stereocenters. The van der Waals surface area contributed by atoms with Crippen LogP contribution in [0.3, 0.4) is 0 Å². The first kappa shape index (κ1) is 11.4. The van der Waals surface area contributed by atoms with Crippen LogP contribution in [0.15, 0.2) is 10.5 Å². The van der Waals surface area contributed by atoms with E-state index in [1.54, 1.807) is 0 Å². The lowest BCUT2D eigenvalue weighted by atomic mass is 10.1. The monoisotopic (exact) mass is 278 g/mol. The first-order chi connectivity index (χ1) is 6.86. The third-order valence-corrected chi connectivity index (χ3v) is 2.37. The Kier molecular flexibility index (Phi) is 2.94. The second kappa shape index (κ2) is 3.85. The summed E-state index contributed by atoms with van der Waals surface area (Å²) in [5.74, 6) is -6.19. The molecule has 0 bridgehead atoms. The van der Waals surface area contributed by atoms with Crippen molar-refractivity contribution >= 4 is 27.7 Å². The van der Waals surface area contributed by atoms with Crippen LogP contribution < -0.4 is 0 Å². The van der Waals surface area contributed by atoms with Gasteiger partial charge in [0, 0.05) is 6.07 Å². The van der Waals surface area contributed by atoms with E-state index in [2.05, 4.69) is 15.9 Å². The van der Waals surface area contributed by atoms with Crippen LogP contribution in [-0.4, -0.2) is 27.1 Å². The zero-order valence-electron chi connectivity index (χ0n) is 6.99. The number of phenolic OH excluding ortho intramolecular Hbond substituents is 2. The van der Waals surface area contributed by atoms with Gasteiger partial charge in [-0.15, -0.1) is 0 Å². The van der Waals surface area contributed by atoms with E-state index in [9.17, 15) is 14.0 Å². The average molecular weight is 279 g/mol. The lowest BCUT2D eigenvalue weighted by molar-refractivity contribution is -0.131. The molecule has 1 aromatic rings. The van der Waals surface area contributed by atoms with Gasteiger partial charge in [0.15, 0.2) is 11.5 Å². The molecule has 0 heterocycles. The number of phenols is 2. The van der Waals surface area contributed by atoms with Gasteiger partial charge < -0.3 is 15.3 Å². The zero-order valence-corrected chi connectivity index (χ0v) is 8.58. The molecule has 0 atom stereocenters. The molecule has 0 aromatic heterocycles. The number of benzene rings is 1. The number of carboxylic acids is 1. The number of carboxylic acid groups (broad SMARTS) is 1. The summed E-state index contributed by atoms with van der Waals surface area (Å²) in [6.07, 6.45) is 0. The van der Waals surface area contributed by atoms with Crippen LogP contribution in [0.4, 0.5) is 4.39 Å². The minimum atomic E-state index is -1.86. The summed E-state index contributed by atoms with van der Waals surface area (Å²) in [5, 5.41) is 26.4. The van der Waals surface area contributed by atoms with Gasteiger partial charge >= 0.3 is 5.97 Å². The van der Waals surface area contributed by atoms with E-state index in [0.717, 1.165) is 0 Å². The maximum absolute atomic E-state index is 13.1. The van der Waals surface area contributed by atoms with E-state index < -0.39 is 39.1 Å². The number of aliphatic carboxylic acids is 1. The first-order valence-electron chi connectivity index (χ1n) is 3.53. The van der Waals surface area contributed by atoms with Crippen LogP contribution >= 0.6 is 15.9 Å². The van der Waals surface area contributed by atoms with Gasteiger partial charge in [0.05, 0.1) is 10.0 Å². The molecule has 0 fully saturated rings. The number of hydrogen-bond acceptors (Lipinski definition) is 4. The molecule has 0 saturated carbocycles. The van der Waals surface area contributed by atoms with Crippen LogP contribution in [0.1, 0.15) is 10.4 Å². The van der Waals surface area contributed by atoms with Gasteiger partial charge in [-0.3, -0.25) is 4.79 Å². The minimum absolute atomic E-state index is 0.455. The Hall–Kier alpha value is -1.63. The number of aromatic hydroxyl groups is 2. The third-order valence-electron chi connectivity index (χ3n) is 1.59. The highest BCUT2D eigenvalue weighted by Crippen LogP contribution is 2.37. The molecule has 0 spiro atoms. The topological polar surface area (TPSA) is 94.8 Å². The standard InChI is InChI=1S/C8H4BrFO5/c9-5-4(7(13)8(14)15)2(10)1-3(11)6(5)12/h1,11-12H,(H,14,15). The van der Waals surface area contributed by atoms with Crippen molar-refractivity contribution in [3.05, 3.63) is 21.9 Å². The second-order valence-electron chi connectivity index (χ2n) is 2.55. The molecule has 7 heteroatoms. The number of halogens is 2. The molecule has 1 aromatic carbocycles. The Balaban J connectivity index is 3.49. The normalized spacial score (nSPS) is 10.0. The van der Waals surface area contributed by atoms with Crippen LogP contribution in [0, 0.1) is 5.82 Å². The molecular weight excluding hydrogens is 275 g/mol. The van der Waals surface area contributed by atoms with Gasteiger partial charge in [0.1, 0.15) is 5.82 Å². The fraction of sp³-hybridized carbons (Fsp3) is 0. The predicted molar refractivity (Wildman–Crippen MR) is 49.4 cm³/mol. The molecule has 0 radical (unpaired) electrons.